The molecule has 8 nitrogen and oxygen atoms in total. The number of nitrogens with one attached hydrogen (secondary N) is 2. The first-order valence-corrected chi connectivity index (χ1v) is 10.0. The predicted octanol–water partition coefficient (Wildman–Crippen LogP) is 3.25. The molecule has 4 heterocycles. The molecule has 0 amide bonds. The smallest absolute Gasteiger partial charge is 0.251 e. The SMILES string of the molecule is Cl.O=c1cc(C2CCNCC2)n2ncc(-c3noc(C4CCC(F)(F)CC4)n3)c2[nH]1. The second kappa shape index (κ2) is 8.07. The van der Waals surface area contributed by atoms with Crippen LogP contribution in [0.15, 0.2) is 21.6 Å². The van der Waals surface area contributed by atoms with Crippen molar-refractivity contribution in [2.45, 2.75) is 56.3 Å². The van der Waals surface area contributed by atoms with Gasteiger partial charge in [-0.3, -0.25) is 4.79 Å². The molecule has 3 aromatic rings. The van der Waals surface area contributed by atoms with Crippen LogP contribution in [0, 0.1) is 0 Å². The minimum Gasteiger partial charge on any atom is -0.339 e. The molecule has 0 spiro atoms. The molecule has 1 saturated carbocycles. The van der Waals surface area contributed by atoms with Crippen LogP contribution >= 0.6 is 12.4 Å². The van der Waals surface area contributed by atoms with Gasteiger partial charge in [0.1, 0.15) is 5.65 Å². The van der Waals surface area contributed by atoms with Gasteiger partial charge in [0.25, 0.3) is 5.56 Å². The normalized spacial score (nSPS) is 20.3. The molecule has 2 aliphatic rings. The summed E-state index contributed by atoms with van der Waals surface area (Å²) in [5, 5.41) is 11.8. The maximum Gasteiger partial charge on any atom is 0.251 e. The van der Waals surface area contributed by atoms with Crippen LogP contribution in [0.2, 0.25) is 0 Å². The first-order valence-electron chi connectivity index (χ1n) is 10.0. The summed E-state index contributed by atoms with van der Waals surface area (Å²) in [7, 11) is 0. The van der Waals surface area contributed by atoms with Crippen LogP contribution in [-0.2, 0) is 0 Å². The van der Waals surface area contributed by atoms with Crippen molar-refractivity contribution in [2.24, 2.45) is 0 Å². The van der Waals surface area contributed by atoms with E-state index in [1.165, 1.54) is 0 Å². The van der Waals surface area contributed by atoms with E-state index in [2.05, 4.69) is 25.5 Å². The maximum absolute atomic E-state index is 13.4. The van der Waals surface area contributed by atoms with Crippen LogP contribution in [0.3, 0.4) is 0 Å². The fraction of sp³-hybridized carbons (Fsp3) is 0.579. The van der Waals surface area contributed by atoms with Crippen LogP contribution in [0.5, 0.6) is 0 Å². The molecule has 0 unspecified atom stereocenters. The standard InChI is InChI=1S/C19H22F2N6O2.ClH/c20-19(21)5-1-12(2-6-19)18-25-16(26-29-18)13-10-23-27-14(9-15(28)24-17(13)27)11-3-7-22-8-4-11;/h9-12,22H,1-8H2,(H,24,28);1H. The Bertz CT molecular complexity index is 1080. The van der Waals surface area contributed by atoms with E-state index in [0.29, 0.717) is 35.8 Å². The predicted molar refractivity (Wildman–Crippen MR) is 107 cm³/mol. The highest BCUT2D eigenvalue weighted by atomic mass is 35.5. The van der Waals surface area contributed by atoms with E-state index < -0.39 is 5.92 Å². The van der Waals surface area contributed by atoms with Gasteiger partial charge in [-0.15, -0.1) is 12.4 Å². The van der Waals surface area contributed by atoms with Gasteiger partial charge in [-0.25, -0.2) is 13.3 Å². The molecule has 3 aromatic heterocycles. The Labute approximate surface area is 176 Å². The van der Waals surface area contributed by atoms with Crippen molar-refractivity contribution in [3.8, 4) is 11.4 Å². The van der Waals surface area contributed by atoms with Gasteiger partial charge in [-0.1, -0.05) is 5.16 Å². The van der Waals surface area contributed by atoms with Crippen molar-refractivity contribution in [2.75, 3.05) is 13.1 Å². The van der Waals surface area contributed by atoms with Gasteiger partial charge in [-0.2, -0.15) is 10.1 Å². The fourth-order valence-corrected chi connectivity index (χ4v) is 4.38. The number of rotatable bonds is 3. The molecular formula is C19H23ClF2N6O2. The molecule has 2 N–H and O–H groups in total. The zero-order valence-electron chi connectivity index (χ0n) is 16.2. The third-order valence-electron chi connectivity index (χ3n) is 6.04. The summed E-state index contributed by atoms with van der Waals surface area (Å²) in [5.74, 6) is -1.84. The molecular weight excluding hydrogens is 418 g/mol. The second-order valence-electron chi connectivity index (χ2n) is 7.99. The highest BCUT2D eigenvalue weighted by molar-refractivity contribution is 5.85. The number of halogens is 3. The van der Waals surface area contributed by atoms with Crippen LogP contribution in [0.4, 0.5) is 8.78 Å². The Kier molecular flexibility index (Phi) is 5.63. The summed E-state index contributed by atoms with van der Waals surface area (Å²) < 4.78 is 33.9. The molecule has 0 aromatic carbocycles. The molecule has 30 heavy (non-hydrogen) atoms. The van der Waals surface area contributed by atoms with Crippen molar-refractivity contribution in [3.05, 3.63) is 34.2 Å². The molecule has 1 aliphatic carbocycles. The summed E-state index contributed by atoms with van der Waals surface area (Å²) in [6.45, 7) is 1.81. The molecule has 0 bridgehead atoms. The molecule has 5 rings (SSSR count). The topological polar surface area (TPSA) is 101 Å². The number of hydrogen-bond acceptors (Lipinski definition) is 6. The lowest BCUT2D eigenvalue weighted by Crippen LogP contribution is -2.28. The van der Waals surface area contributed by atoms with Crippen molar-refractivity contribution in [1.29, 1.82) is 0 Å². The zero-order valence-corrected chi connectivity index (χ0v) is 17.1. The summed E-state index contributed by atoms with van der Waals surface area (Å²) in [6, 6.07) is 1.60. The molecule has 1 aliphatic heterocycles. The number of alkyl halides is 2. The average Bonchev–Trinajstić information content (AvgIpc) is 3.35. The number of aromatic nitrogens is 5. The summed E-state index contributed by atoms with van der Waals surface area (Å²) >= 11 is 0. The van der Waals surface area contributed by atoms with Crippen molar-refractivity contribution in [1.82, 2.24) is 30.1 Å². The van der Waals surface area contributed by atoms with Crippen LogP contribution in [0.25, 0.3) is 17.0 Å². The van der Waals surface area contributed by atoms with Gasteiger partial charge in [0.05, 0.1) is 17.5 Å². The fourth-order valence-electron chi connectivity index (χ4n) is 4.38. The second-order valence-corrected chi connectivity index (χ2v) is 7.99. The van der Waals surface area contributed by atoms with Crippen LogP contribution in [-0.4, -0.2) is 43.8 Å². The lowest BCUT2D eigenvalue weighted by atomic mass is 9.87. The van der Waals surface area contributed by atoms with Crippen LogP contribution in [0.1, 0.15) is 61.9 Å². The third kappa shape index (κ3) is 3.85. The Morgan fingerprint density at radius 3 is 2.60 bits per heavy atom. The van der Waals surface area contributed by atoms with E-state index in [9.17, 15) is 13.6 Å². The highest BCUT2D eigenvalue weighted by Gasteiger charge is 2.37. The Morgan fingerprint density at radius 1 is 1.13 bits per heavy atom. The molecule has 0 radical (unpaired) electrons. The number of piperidine rings is 1. The third-order valence-corrected chi connectivity index (χ3v) is 6.04. The lowest BCUT2D eigenvalue weighted by molar-refractivity contribution is -0.0402. The van der Waals surface area contributed by atoms with Gasteiger partial charge in [0, 0.05) is 30.7 Å². The van der Waals surface area contributed by atoms with E-state index in [1.54, 1.807) is 16.8 Å². The quantitative estimate of drug-likeness (QED) is 0.648. The highest BCUT2D eigenvalue weighted by Crippen LogP contribution is 2.40. The number of hydrogen-bond donors (Lipinski definition) is 2. The first-order chi connectivity index (χ1) is 14.0. The van der Waals surface area contributed by atoms with E-state index in [4.69, 9.17) is 4.52 Å². The van der Waals surface area contributed by atoms with Gasteiger partial charge in [0.15, 0.2) is 0 Å². The summed E-state index contributed by atoms with van der Waals surface area (Å²) in [6.07, 6.45) is 3.79. The van der Waals surface area contributed by atoms with E-state index in [-0.39, 0.29) is 42.6 Å². The molecule has 2 fully saturated rings. The molecule has 11 heteroatoms. The monoisotopic (exact) mass is 440 g/mol. The Morgan fingerprint density at radius 2 is 1.87 bits per heavy atom. The van der Waals surface area contributed by atoms with Crippen molar-refractivity contribution in [3.63, 3.8) is 0 Å². The number of fused-ring (bicyclic) bond motifs is 1. The minimum absolute atomic E-state index is 0. The van der Waals surface area contributed by atoms with Gasteiger partial charge >= 0.3 is 0 Å². The number of aromatic amines is 1. The number of H-pyrrole nitrogens is 1. The largest absolute Gasteiger partial charge is 0.339 e. The lowest BCUT2D eigenvalue weighted by Gasteiger charge is -2.25. The zero-order chi connectivity index (χ0) is 20.0. The van der Waals surface area contributed by atoms with E-state index in [0.717, 1.165) is 31.6 Å². The van der Waals surface area contributed by atoms with Gasteiger partial charge < -0.3 is 14.8 Å². The van der Waals surface area contributed by atoms with Crippen molar-refractivity contribution < 1.29 is 13.3 Å². The average molecular weight is 441 g/mol. The Hall–Kier alpha value is -2.33. The molecule has 0 atom stereocenters. The molecule has 1 saturated heterocycles. The Balaban J connectivity index is 0.00000218. The summed E-state index contributed by atoms with van der Waals surface area (Å²) in [4.78, 5) is 19.6. The first kappa shape index (κ1) is 20.9. The van der Waals surface area contributed by atoms with Crippen LogP contribution < -0.4 is 10.9 Å². The minimum atomic E-state index is -2.60. The van der Waals surface area contributed by atoms with E-state index in [1.807, 2.05) is 0 Å². The van der Waals surface area contributed by atoms with Gasteiger partial charge in [0.2, 0.25) is 17.6 Å². The van der Waals surface area contributed by atoms with Crippen molar-refractivity contribution >= 4 is 18.1 Å². The molecule has 162 valence electrons. The number of nitrogens with zero attached hydrogens (tertiary/aromatic N) is 4. The summed E-state index contributed by atoms with van der Waals surface area (Å²) in [5.41, 5.74) is 1.75. The maximum atomic E-state index is 13.4. The van der Waals surface area contributed by atoms with Gasteiger partial charge in [-0.05, 0) is 38.8 Å². The van der Waals surface area contributed by atoms with E-state index >= 15 is 0 Å².